The molecule has 1 aromatic carbocycles. The Kier molecular flexibility index (Phi) is 4.97. The van der Waals surface area contributed by atoms with Gasteiger partial charge in [0.05, 0.1) is 0 Å². The average molecular weight is 286 g/mol. The van der Waals surface area contributed by atoms with Gasteiger partial charge in [-0.3, -0.25) is 0 Å². The van der Waals surface area contributed by atoms with E-state index in [2.05, 4.69) is 36.2 Å². The van der Waals surface area contributed by atoms with Crippen molar-refractivity contribution in [2.45, 2.75) is 58.4 Å². The summed E-state index contributed by atoms with van der Waals surface area (Å²) in [6.45, 7) is 9.52. The van der Waals surface area contributed by atoms with Crippen LogP contribution in [0.5, 0.6) is 0 Å². The molecule has 1 atom stereocenters. The molecule has 1 aliphatic carbocycles. The zero-order valence-corrected chi connectivity index (χ0v) is 13.8. The summed E-state index contributed by atoms with van der Waals surface area (Å²) in [5.41, 5.74) is 6.19. The van der Waals surface area contributed by atoms with Crippen LogP contribution in [-0.4, -0.2) is 31.1 Å². The molecule has 1 aliphatic heterocycles. The number of hydrogen-bond acceptors (Lipinski definition) is 2. The summed E-state index contributed by atoms with van der Waals surface area (Å²) >= 11 is 0. The van der Waals surface area contributed by atoms with Gasteiger partial charge in [-0.15, -0.1) is 0 Å². The van der Waals surface area contributed by atoms with Crippen LogP contribution in [0.25, 0.3) is 0 Å². The van der Waals surface area contributed by atoms with Gasteiger partial charge in [-0.2, -0.15) is 0 Å². The van der Waals surface area contributed by atoms with E-state index < -0.39 is 0 Å². The number of aryl methyl sites for hydroxylation is 2. The SMILES string of the molecule is Cc1ccc(C)c2c1CCCC2NCCN1CCCCC1. The average Bonchev–Trinajstić information content (AvgIpc) is 2.52. The molecule has 2 nitrogen and oxygen atoms in total. The fourth-order valence-electron chi connectivity index (χ4n) is 4.12. The van der Waals surface area contributed by atoms with Gasteiger partial charge in [0.2, 0.25) is 0 Å². The second kappa shape index (κ2) is 6.93. The van der Waals surface area contributed by atoms with Crippen LogP contribution in [-0.2, 0) is 6.42 Å². The molecular formula is C19H30N2. The molecule has 1 fully saturated rings. The molecule has 2 aliphatic rings. The van der Waals surface area contributed by atoms with E-state index in [0.717, 1.165) is 6.54 Å². The maximum Gasteiger partial charge on any atom is 0.0326 e. The highest BCUT2D eigenvalue weighted by Gasteiger charge is 2.23. The van der Waals surface area contributed by atoms with Crippen LogP contribution in [0, 0.1) is 13.8 Å². The molecule has 116 valence electrons. The third-order valence-electron chi connectivity index (χ3n) is 5.34. The summed E-state index contributed by atoms with van der Waals surface area (Å²) in [5.74, 6) is 0. The summed E-state index contributed by atoms with van der Waals surface area (Å²) < 4.78 is 0. The first-order valence-corrected chi connectivity index (χ1v) is 8.80. The van der Waals surface area contributed by atoms with Crippen molar-refractivity contribution in [2.75, 3.05) is 26.2 Å². The molecule has 0 amide bonds. The lowest BCUT2D eigenvalue weighted by molar-refractivity contribution is 0.225. The maximum atomic E-state index is 3.85. The van der Waals surface area contributed by atoms with Crippen LogP contribution in [0.4, 0.5) is 0 Å². The Morgan fingerprint density at radius 3 is 2.62 bits per heavy atom. The third kappa shape index (κ3) is 3.49. The van der Waals surface area contributed by atoms with Crippen LogP contribution in [0.1, 0.15) is 60.4 Å². The van der Waals surface area contributed by atoms with E-state index in [4.69, 9.17) is 0 Å². The summed E-state index contributed by atoms with van der Waals surface area (Å²) in [4.78, 5) is 2.63. The van der Waals surface area contributed by atoms with E-state index in [1.807, 2.05) is 0 Å². The van der Waals surface area contributed by atoms with Crippen LogP contribution in [0.15, 0.2) is 12.1 Å². The first kappa shape index (κ1) is 15.1. The third-order valence-corrected chi connectivity index (χ3v) is 5.34. The van der Waals surface area contributed by atoms with Gasteiger partial charge in [-0.05, 0) is 81.3 Å². The summed E-state index contributed by atoms with van der Waals surface area (Å²) in [7, 11) is 0. The van der Waals surface area contributed by atoms with Gasteiger partial charge in [-0.1, -0.05) is 18.6 Å². The molecule has 0 bridgehead atoms. The number of benzene rings is 1. The lowest BCUT2D eigenvalue weighted by Gasteiger charge is -2.31. The number of nitrogens with one attached hydrogen (secondary N) is 1. The molecule has 0 saturated carbocycles. The van der Waals surface area contributed by atoms with E-state index in [-0.39, 0.29) is 0 Å². The molecule has 0 spiro atoms. The lowest BCUT2D eigenvalue weighted by atomic mass is 9.82. The van der Waals surface area contributed by atoms with Crippen molar-refractivity contribution in [3.63, 3.8) is 0 Å². The van der Waals surface area contributed by atoms with Gasteiger partial charge in [0, 0.05) is 19.1 Å². The highest BCUT2D eigenvalue weighted by atomic mass is 15.1. The molecule has 1 N–H and O–H groups in total. The topological polar surface area (TPSA) is 15.3 Å². The standard InChI is InChI=1S/C19H30N2/c1-15-9-10-16(2)19-17(15)7-6-8-18(19)20-11-14-21-12-4-3-5-13-21/h9-10,18,20H,3-8,11-14H2,1-2H3. The van der Waals surface area contributed by atoms with E-state index in [1.54, 1.807) is 11.1 Å². The summed E-state index contributed by atoms with van der Waals surface area (Å²) in [6, 6.07) is 5.18. The van der Waals surface area contributed by atoms with Crippen molar-refractivity contribution < 1.29 is 0 Å². The summed E-state index contributed by atoms with van der Waals surface area (Å²) in [5, 5.41) is 3.85. The Balaban J connectivity index is 1.61. The minimum absolute atomic E-state index is 0.582. The molecule has 1 unspecified atom stereocenters. The molecule has 0 radical (unpaired) electrons. The lowest BCUT2D eigenvalue weighted by Crippen LogP contribution is -2.37. The Bertz CT molecular complexity index is 475. The zero-order chi connectivity index (χ0) is 14.7. The van der Waals surface area contributed by atoms with Crippen molar-refractivity contribution in [3.05, 3.63) is 34.4 Å². The Labute approximate surface area is 129 Å². The highest BCUT2D eigenvalue weighted by Crippen LogP contribution is 2.34. The quantitative estimate of drug-likeness (QED) is 0.906. The Hall–Kier alpha value is -0.860. The number of hydrogen-bond donors (Lipinski definition) is 1. The monoisotopic (exact) mass is 286 g/mol. The number of fused-ring (bicyclic) bond motifs is 1. The van der Waals surface area contributed by atoms with Crippen molar-refractivity contribution in [1.29, 1.82) is 0 Å². The van der Waals surface area contributed by atoms with Crippen LogP contribution >= 0.6 is 0 Å². The second-order valence-corrected chi connectivity index (χ2v) is 6.89. The van der Waals surface area contributed by atoms with Gasteiger partial charge in [-0.25, -0.2) is 0 Å². The Morgan fingerprint density at radius 1 is 1.05 bits per heavy atom. The number of piperidine rings is 1. The van der Waals surface area contributed by atoms with Gasteiger partial charge in [0.1, 0.15) is 0 Å². The fraction of sp³-hybridized carbons (Fsp3) is 0.684. The molecule has 0 aromatic heterocycles. The molecule has 1 aromatic rings. The number of nitrogens with zero attached hydrogens (tertiary/aromatic N) is 1. The van der Waals surface area contributed by atoms with Crippen LogP contribution in [0.2, 0.25) is 0 Å². The van der Waals surface area contributed by atoms with Gasteiger partial charge >= 0.3 is 0 Å². The number of likely N-dealkylation sites (tertiary alicyclic amines) is 1. The van der Waals surface area contributed by atoms with E-state index in [9.17, 15) is 0 Å². The predicted octanol–water partition coefficient (Wildman–Crippen LogP) is 3.76. The van der Waals surface area contributed by atoms with E-state index >= 15 is 0 Å². The first-order valence-electron chi connectivity index (χ1n) is 8.80. The predicted molar refractivity (Wildman–Crippen MR) is 89.9 cm³/mol. The molecule has 21 heavy (non-hydrogen) atoms. The molecule has 1 saturated heterocycles. The Morgan fingerprint density at radius 2 is 1.81 bits per heavy atom. The number of rotatable bonds is 4. The summed E-state index contributed by atoms with van der Waals surface area (Å²) in [6.07, 6.45) is 8.12. The minimum atomic E-state index is 0.582. The van der Waals surface area contributed by atoms with Crippen molar-refractivity contribution in [1.82, 2.24) is 10.2 Å². The van der Waals surface area contributed by atoms with E-state index in [0.29, 0.717) is 6.04 Å². The minimum Gasteiger partial charge on any atom is -0.309 e. The molecule has 1 heterocycles. The highest BCUT2D eigenvalue weighted by molar-refractivity contribution is 5.43. The second-order valence-electron chi connectivity index (χ2n) is 6.89. The van der Waals surface area contributed by atoms with Crippen LogP contribution in [0.3, 0.4) is 0 Å². The zero-order valence-electron chi connectivity index (χ0n) is 13.8. The first-order chi connectivity index (χ1) is 10.3. The molecule has 3 rings (SSSR count). The molecular weight excluding hydrogens is 256 g/mol. The van der Waals surface area contributed by atoms with E-state index in [1.165, 1.54) is 69.3 Å². The van der Waals surface area contributed by atoms with Gasteiger partial charge in [0.25, 0.3) is 0 Å². The van der Waals surface area contributed by atoms with Gasteiger partial charge in [0.15, 0.2) is 0 Å². The normalized spacial score (nSPS) is 23.0. The van der Waals surface area contributed by atoms with Crippen molar-refractivity contribution >= 4 is 0 Å². The van der Waals surface area contributed by atoms with Gasteiger partial charge < -0.3 is 10.2 Å². The molecule has 2 heteroatoms. The maximum absolute atomic E-state index is 3.85. The smallest absolute Gasteiger partial charge is 0.0326 e. The van der Waals surface area contributed by atoms with Crippen LogP contribution < -0.4 is 5.32 Å². The van der Waals surface area contributed by atoms with Crippen molar-refractivity contribution in [3.8, 4) is 0 Å². The van der Waals surface area contributed by atoms with Crippen molar-refractivity contribution in [2.24, 2.45) is 0 Å². The fourth-order valence-corrected chi connectivity index (χ4v) is 4.12. The largest absolute Gasteiger partial charge is 0.309 e.